The Kier molecular flexibility index (Phi) is 3.64. The molecule has 0 amide bonds. The van der Waals surface area contributed by atoms with Crippen molar-refractivity contribution >= 4 is 0 Å². The first-order chi connectivity index (χ1) is 7.34. The van der Waals surface area contributed by atoms with Crippen LogP contribution in [-0.2, 0) is 6.54 Å². The summed E-state index contributed by atoms with van der Waals surface area (Å²) in [6.45, 7) is 6.52. The number of hydrogen-bond acceptors (Lipinski definition) is 4. The molecule has 0 spiro atoms. The molecule has 2 rings (SSSR count). The second-order valence-corrected chi connectivity index (χ2v) is 4.12. The molecule has 1 aliphatic rings. The molecule has 82 valence electrons. The molecule has 1 fully saturated rings. The minimum atomic E-state index is 0.639. The number of nitrogens with one attached hydrogen (secondary N) is 1. The molecular formula is C11H18N4. The second-order valence-electron chi connectivity index (χ2n) is 4.12. The molecule has 1 N–H and O–H groups in total. The standard InChI is InChI=1S/C11H18N4/c1-10-3-6-15(7-5-13-10)8-11-2-4-12-9-14-11/h2,4,9-10,13H,3,5-8H2,1H3. The van der Waals surface area contributed by atoms with Gasteiger partial charge in [-0.25, -0.2) is 9.97 Å². The summed E-state index contributed by atoms with van der Waals surface area (Å²) in [6.07, 6.45) is 4.64. The quantitative estimate of drug-likeness (QED) is 0.772. The van der Waals surface area contributed by atoms with E-state index in [1.165, 1.54) is 6.42 Å². The van der Waals surface area contributed by atoms with E-state index in [1.807, 2.05) is 6.07 Å². The van der Waals surface area contributed by atoms with Crippen LogP contribution in [0.1, 0.15) is 19.0 Å². The minimum absolute atomic E-state index is 0.639. The number of hydrogen-bond donors (Lipinski definition) is 1. The first kappa shape index (κ1) is 10.5. The Bertz CT molecular complexity index is 288. The molecule has 15 heavy (non-hydrogen) atoms. The van der Waals surface area contributed by atoms with Crippen LogP contribution in [0, 0.1) is 0 Å². The summed E-state index contributed by atoms with van der Waals surface area (Å²) >= 11 is 0. The van der Waals surface area contributed by atoms with Gasteiger partial charge in [0.05, 0.1) is 5.69 Å². The van der Waals surface area contributed by atoms with Gasteiger partial charge in [-0.2, -0.15) is 0 Å². The fourth-order valence-corrected chi connectivity index (χ4v) is 1.86. The highest BCUT2D eigenvalue weighted by atomic mass is 15.2. The monoisotopic (exact) mass is 206 g/mol. The topological polar surface area (TPSA) is 41.1 Å². The van der Waals surface area contributed by atoms with Gasteiger partial charge < -0.3 is 5.32 Å². The van der Waals surface area contributed by atoms with Crippen molar-refractivity contribution in [2.24, 2.45) is 0 Å². The van der Waals surface area contributed by atoms with Crippen molar-refractivity contribution in [1.29, 1.82) is 0 Å². The Morgan fingerprint density at radius 1 is 1.53 bits per heavy atom. The average Bonchev–Trinajstić information content (AvgIpc) is 2.46. The fraction of sp³-hybridized carbons (Fsp3) is 0.636. The van der Waals surface area contributed by atoms with Crippen LogP contribution in [0.4, 0.5) is 0 Å². The number of aromatic nitrogens is 2. The van der Waals surface area contributed by atoms with Gasteiger partial charge in [0.1, 0.15) is 6.33 Å². The highest BCUT2D eigenvalue weighted by Crippen LogP contribution is 2.05. The van der Waals surface area contributed by atoms with Gasteiger partial charge in [-0.05, 0) is 19.4 Å². The van der Waals surface area contributed by atoms with Gasteiger partial charge in [-0.3, -0.25) is 4.90 Å². The van der Waals surface area contributed by atoms with Crippen molar-refractivity contribution < 1.29 is 0 Å². The molecule has 0 aromatic carbocycles. The summed E-state index contributed by atoms with van der Waals surface area (Å²) in [5, 5.41) is 3.49. The van der Waals surface area contributed by atoms with E-state index in [-0.39, 0.29) is 0 Å². The average molecular weight is 206 g/mol. The zero-order chi connectivity index (χ0) is 10.5. The van der Waals surface area contributed by atoms with E-state index < -0.39 is 0 Å². The van der Waals surface area contributed by atoms with E-state index >= 15 is 0 Å². The zero-order valence-electron chi connectivity index (χ0n) is 9.19. The molecule has 1 atom stereocenters. The second kappa shape index (κ2) is 5.19. The summed E-state index contributed by atoms with van der Waals surface area (Å²) in [6, 6.07) is 2.63. The van der Waals surface area contributed by atoms with Crippen LogP contribution in [0.3, 0.4) is 0 Å². The number of nitrogens with zero attached hydrogens (tertiary/aromatic N) is 3. The van der Waals surface area contributed by atoms with Crippen LogP contribution in [0.15, 0.2) is 18.6 Å². The van der Waals surface area contributed by atoms with Crippen molar-refractivity contribution in [2.45, 2.75) is 25.9 Å². The van der Waals surface area contributed by atoms with Crippen LogP contribution < -0.4 is 5.32 Å². The van der Waals surface area contributed by atoms with Crippen molar-refractivity contribution in [3.8, 4) is 0 Å². The number of rotatable bonds is 2. The van der Waals surface area contributed by atoms with Gasteiger partial charge in [0.15, 0.2) is 0 Å². The third-order valence-corrected chi connectivity index (χ3v) is 2.83. The van der Waals surface area contributed by atoms with Crippen LogP contribution in [0.2, 0.25) is 0 Å². The van der Waals surface area contributed by atoms with Gasteiger partial charge in [0.2, 0.25) is 0 Å². The molecule has 0 saturated carbocycles. The SMILES string of the molecule is CC1CCN(Cc2ccncn2)CCN1. The summed E-state index contributed by atoms with van der Waals surface area (Å²) in [5.74, 6) is 0. The lowest BCUT2D eigenvalue weighted by Gasteiger charge is -2.18. The zero-order valence-corrected chi connectivity index (χ0v) is 9.19. The van der Waals surface area contributed by atoms with Crippen LogP contribution in [-0.4, -0.2) is 40.5 Å². The van der Waals surface area contributed by atoms with Crippen LogP contribution >= 0.6 is 0 Å². The first-order valence-corrected chi connectivity index (χ1v) is 5.55. The molecule has 0 bridgehead atoms. The lowest BCUT2D eigenvalue weighted by Crippen LogP contribution is -2.29. The smallest absolute Gasteiger partial charge is 0.115 e. The summed E-state index contributed by atoms with van der Waals surface area (Å²) < 4.78 is 0. The van der Waals surface area contributed by atoms with E-state index in [0.29, 0.717) is 6.04 Å². The lowest BCUT2D eigenvalue weighted by atomic mass is 10.2. The van der Waals surface area contributed by atoms with Crippen molar-refractivity contribution in [2.75, 3.05) is 19.6 Å². The molecule has 1 aromatic rings. The molecule has 4 nitrogen and oxygen atoms in total. The van der Waals surface area contributed by atoms with E-state index in [1.54, 1.807) is 12.5 Å². The molecule has 1 unspecified atom stereocenters. The highest BCUT2D eigenvalue weighted by molar-refractivity contribution is 4.97. The Hall–Kier alpha value is -1.00. The third-order valence-electron chi connectivity index (χ3n) is 2.83. The fourth-order valence-electron chi connectivity index (χ4n) is 1.86. The van der Waals surface area contributed by atoms with Gasteiger partial charge in [0, 0.05) is 38.4 Å². The Morgan fingerprint density at radius 3 is 3.27 bits per heavy atom. The van der Waals surface area contributed by atoms with Crippen molar-refractivity contribution in [1.82, 2.24) is 20.2 Å². The summed E-state index contributed by atoms with van der Waals surface area (Å²) in [5.41, 5.74) is 1.11. The molecular weight excluding hydrogens is 188 g/mol. The van der Waals surface area contributed by atoms with Crippen molar-refractivity contribution in [3.05, 3.63) is 24.3 Å². The first-order valence-electron chi connectivity index (χ1n) is 5.55. The van der Waals surface area contributed by atoms with E-state index in [4.69, 9.17) is 0 Å². The minimum Gasteiger partial charge on any atom is -0.313 e. The van der Waals surface area contributed by atoms with Crippen LogP contribution in [0.25, 0.3) is 0 Å². The van der Waals surface area contributed by atoms with E-state index in [0.717, 1.165) is 31.9 Å². The molecule has 1 aromatic heterocycles. The maximum absolute atomic E-state index is 4.25. The predicted octanol–water partition coefficient (Wildman–Crippen LogP) is 0.660. The molecule has 2 heterocycles. The van der Waals surface area contributed by atoms with Gasteiger partial charge in [-0.15, -0.1) is 0 Å². The summed E-state index contributed by atoms with van der Waals surface area (Å²) in [4.78, 5) is 10.6. The van der Waals surface area contributed by atoms with Crippen molar-refractivity contribution in [3.63, 3.8) is 0 Å². The maximum atomic E-state index is 4.25. The predicted molar refractivity (Wildman–Crippen MR) is 59.4 cm³/mol. The Morgan fingerprint density at radius 2 is 2.47 bits per heavy atom. The molecule has 1 saturated heterocycles. The van der Waals surface area contributed by atoms with Crippen LogP contribution in [0.5, 0.6) is 0 Å². The van der Waals surface area contributed by atoms with Gasteiger partial charge in [0.25, 0.3) is 0 Å². The summed E-state index contributed by atoms with van der Waals surface area (Å²) in [7, 11) is 0. The molecule has 0 aliphatic carbocycles. The van der Waals surface area contributed by atoms with Gasteiger partial charge in [-0.1, -0.05) is 0 Å². The lowest BCUT2D eigenvalue weighted by molar-refractivity contribution is 0.279. The van der Waals surface area contributed by atoms with E-state index in [9.17, 15) is 0 Å². The third kappa shape index (κ3) is 3.25. The highest BCUT2D eigenvalue weighted by Gasteiger charge is 2.13. The Balaban J connectivity index is 1.89. The molecule has 0 radical (unpaired) electrons. The maximum Gasteiger partial charge on any atom is 0.115 e. The molecule has 1 aliphatic heterocycles. The normalized spacial score (nSPS) is 23.7. The molecule has 4 heteroatoms. The Labute approximate surface area is 90.7 Å². The largest absolute Gasteiger partial charge is 0.313 e. The van der Waals surface area contributed by atoms with E-state index in [2.05, 4.69) is 27.1 Å². The van der Waals surface area contributed by atoms with Gasteiger partial charge >= 0.3 is 0 Å².